The van der Waals surface area contributed by atoms with Gasteiger partial charge in [0.1, 0.15) is 5.82 Å². The molecule has 0 aromatic heterocycles. The van der Waals surface area contributed by atoms with Crippen LogP contribution in [-0.2, 0) is 4.79 Å². The molecule has 0 bridgehead atoms. The molecule has 6 nitrogen and oxygen atoms in total. The molecule has 0 spiro atoms. The fourth-order valence-corrected chi connectivity index (χ4v) is 1.89. The Hall–Kier alpha value is -2.02. The first-order valence-corrected chi connectivity index (χ1v) is 5.55. The molecule has 1 amide bonds. The molecule has 1 atom stereocenters. The SMILES string of the molecule is O=C(Nc1cc(F)cc([N+](=O)[O-])c1)[C@@H]1CCCN1. The molecule has 96 valence electrons. The van der Waals surface area contributed by atoms with Crippen LogP contribution in [0.2, 0.25) is 0 Å². The van der Waals surface area contributed by atoms with Crippen molar-refractivity contribution >= 4 is 17.3 Å². The van der Waals surface area contributed by atoms with E-state index in [-0.39, 0.29) is 23.3 Å². The van der Waals surface area contributed by atoms with Gasteiger partial charge in [-0.1, -0.05) is 0 Å². The van der Waals surface area contributed by atoms with Crippen molar-refractivity contribution in [1.82, 2.24) is 5.32 Å². The van der Waals surface area contributed by atoms with Gasteiger partial charge in [-0.15, -0.1) is 0 Å². The predicted octanol–water partition coefficient (Wildman–Crippen LogP) is 1.42. The highest BCUT2D eigenvalue weighted by molar-refractivity contribution is 5.95. The van der Waals surface area contributed by atoms with E-state index in [2.05, 4.69) is 10.6 Å². The number of nitrogens with zero attached hydrogens (tertiary/aromatic N) is 1. The number of carbonyl (C=O) groups is 1. The van der Waals surface area contributed by atoms with E-state index in [1.807, 2.05) is 0 Å². The summed E-state index contributed by atoms with van der Waals surface area (Å²) in [7, 11) is 0. The van der Waals surface area contributed by atoms with Gasteiger partial charge in [-0.25, -0.2) is 4.39 Å². The van der Waals surface area contributed by atoms with Crippen molar-refractivity contribution in [3.05, 3.63) is 34.1 Å². The average molecular weight is 253 g/mol. The van der Waals surface area contributed by atoms with Crippen molar-refractivity contribution in [1.29, 1.82) is 0 Å². The second-order valence-electron chi connectivity index (χ2n) is 4.09. The van der Waals surface area contributed by atoms with Crippen LogP contribution < -0.4 is 10.6 Å². The van der Waals surface area contributed by atoms with Gasteiger partial charge in [-0.3, -0.25) is 14.9 Å². The van der Waals surface area contributed by atoms with Crippen LogP contribution in [0.5, 0.6) is 0 Å². The van der Waals surface area contributed by atoms with E-state index in [0.29, 0.717) is 6.42 Å². The number of hydrogen-bond donors (Lipinski definition) is 2. The van der Waals surface area contributed by atoms with Crippen LogP contribution in [0.4, 0.5) is 15.8 Å². The third kappa shape index (κ3) is 2.80. The third-order valence-electron chi connectivity index (χ3n) is 2.74. The predicted molar refractivity (Wildman–Crippen MR) is 62.7 cm³/mol. The first-order valence-electron chi connectivity index (χ1n) is 5.55. The largest absolute Gasteiger partial charge is 0.324 e. The fraction of sp³-hybridized carbons (Fsp3) is 0.364. The summed E-state index contributed by atoms with van der Waals surface area (Å²) in [5, 5.41) is 16.0. The first kappa shape index (κ1) is 12.4. The molecule has 7 heteroatoms. The molecule has 1 heterocycles. The summed E-state index contributed by atoms with van der Waals surface area (Å²) in [6.45, 7) is 0.765. The topological polar surface area (TPSA) is 84.3 Å². The van der Waals surface area contributed by atoms with Gasteiger partial charge in [-0.2, -0.15) is 0 Å². The molecular weight excluding hydrogens is 241 g/mol. The van der Waals surface area contributed by atoms with Gasteiger partial charge in [0, 0.05) is 6.07 Å². The Bertz CT molecular complexity index is 486. The van der Waals surface area contributed by atoms with Gasteiger partial charge in [0.05, 0.1) is 22.7 Å². The lowest BCUT2D eigenvalue weighted by molar-refractivity contribution is -0.385. The molecular formula is C11H12FN3O3. The summed E-state index contributed by atoms with van der Waals surface area (Å²) in [6.07, 6.45) is 1.62. The van der Waals surface area contributed by atoms with Gasteiger partial charge in [0.2, 0.25) is 5.91 Å². The lowest BCUT2D eigenvalue weighted by atomic mass is 10.2. The molecule has 1 aromatic carbocycles. The summed E-state index contributed by atoms with van der Waals surface area (Å²) in [5.74, 6) is -1.05. The Morgan fingerprint density at radius 1 is 1.50 bits per heavy atom. The number of anilines is 1. The minimum atomic E-state index is -0.751. The van der Waals surface area contributed by atoms with Crippen LogP contribution in [0, 0.1) is 15.9 Å². The van der Waals surface area contributed by atoms with Gasteiger partial charge in [-0.05, 0) is 25.5 Å². The van der Waals surface area contributed by atoms with Gasteiger partial charge >= 0.3 is 0 Å². The third-order valence-corrected chi connectivity index (χ3v) is 2.74. The number of rotatable bonds is 3. The second kappa shape index (κ2) is 5.09. The van der Waals surface area contributed by atoms with Crippen molar-refractivity contribution in [3.63, 3.8) is 0 Å². The maximum Gasteiger partial charge on any atom is 0.274 e. The zero-order valence-corrected chi connectivity index (χ0v) is 9.48. The van der Waals surface area contributed by atoms with Crippen LogP contribution in [-0.4, -0.2) is 23.4 Å². The number of amides is 1. The number of benzene rings is 1. The standard InChI is InChI=1S/C11H12FN3O3/c12-7-4-8(6-9(5-7)15(17)18)14-11(16)10-2-1-3-13-10/h4-6,10,13H,1-3H2,(H,14,16)/t10-/m0/s1. The van der Waals surface area contributed by atoms with E-state index < -0.39 is 10.7 Å². The van der Waals surface area contributed by atoms with Crippen molar-refractivity contribution in [3.8, 4) is 0 Å². The van der Waals surface area contributed by atoms with Crippen LogP contribution in [0.3, 0.4) is 0 Å². The smallest absolute Gasteiger partial charge is 0.274 e. The summed E-state index contributed by atoms with van der Waals surface area (Å²) in [4.78, 5) is 21.6. The first-order chi connectivity index (χ1) is 8.56. The molecule has 1 aliphatic heterocycles. The normalized spacial score (nSPS) is 18.6. The maximum absolute atomic E-state index is 13.1. The quantitative estimate of drug-likeness (QED) is 0.630. The van der Waals surface area contributed by atoms with Gasteiger partial charge < -0.3 is 10.6 Å². The molecule has 2 rings (SSSR count). The van der Waals surface area contributed by atoms with E-state index in [1.54, 1.807) is 0 Å². The van der Waals surface area contributed by atoms with E-state index in [0.717, 1.165) is 31.2 Å². The maximum atomic E-state index is 13.1. The lowest BCUT2D eigenvalue weighted by Crippen LogP contribution is -2.35. The Labute approximate surface area is 102 Å². The molecule has 2 N–H and O–H groups in total. The van der Waals surface area contributed by atoms with Crippen LogP contribution >= 0.6 is 0 Å². The van der Waals surface area contributed by atoms with Crippen molar-refractivity contribution in [2.75, 3.05) is 11.9 Å². The highest BCUT2D eigenvalue weighted by Crippen LogP contribution is 2.20. The molecule has 18 heavy (non-hydrogen) atoms. The molecule has 1 fully saturated rings. The Morgan fingerprint density at radius 3 is 2.89 bits per heavy atom. The van der Waals surface area contributed by atoms with Crippen LogP contribution in [0.1, 0.15) is 12.8 Å². The highest BCUT2D eigenvalue weighted by atomic mass is 19.1. The second-order valence-corrected chi connectivity index (χ2v) is 4.09. The fourth-order valence-electron chi connectivity index (χ4n) is 1.89. The van der Waals surface area contributed by atoms with Crippen molar-refractivity contribution in [2.45, 2.75) is 18.9 Å². The van der Waals surface area contributed by atoms with Crippen molar-refractivity contribution < 1.29 is 14.1 Å². The molecule has 0 radical (unpaired) electrons. The number of nitro groups is 1. The minimum absolute atomic E-state index is 0.0976. The van der Waals surface area contributed by atoms with Crippen LogP contribution in [0.25, 0.3) is 0 Å². The zero-order valence-electron chi connectivity index (χ0n) is 9.48. The molecule has 0 saturated carbocycles. The number of non-ortho nitro benzene ring substituents is 1. The zero-order chi connectivity index (χ0) is 13.1. The van der Waals surface area contributed by atoms with Gasteiger partial charge in [0.15, 0.2) is 0 Å². The van der Waals surface area contributed by atoms with Crippen molar-refractivity contribution in [2.24, 2.45) is 0 Å². The number of hydrogen-bond acceptors (Lipinski definition) is 4. The van der Waals surface area contributed by atoms with Gasteiger partial charge in [0.25, 0.3) is 5.69 Å². The number of nitro benzene ring substituents is 1. The van der Waals surface area contributed by atoms with E-state index in [9.17, 15) is 19.3 Å². The Kier molecular flexibility index (Phi) is 3.52. The lowest BCUT2D eigenvalue weighted by Gasteiger charge is -2.10. The Morgan fingerprint density at radius 2 is 2.28 bits per heavy atom. The van der Waals surface area contributed by atoms with E-state index >= 15 is 0 Å². The summed E-state index contributed by atoms with van der Waals surface area (Å²) < 4.78 is 13.1. The van der Waals surface area contributed by atoms with E-state index in [1.165, 1.54) is 0 Å². The number of carbonyl (C=O) groups excluding carboxylic acids is 1. The molecule has 0 unspecified atom stereocenters. The minimum Gasteiger partial charge on any atom is -0.324 e. The number of halogens is 1. The summed E-state index contributed by atoms with van der Waals surface area (Å²) >= 11 is 0. The average Bonchev–Trinajstić information content (AvgIpc) is 2.81. The summed E-state index contributed by atoms with van der Waals surface area (Å²) in [6, 6.07) is 2.69. The molecule has 0 aliphatic carbocycles. The summed E-state index contributed by atoms with van der Waals surface area (Å²) in [5.41, 5.74) is -0.287. The number of nitrogens with one attached hydrogen (secondary N) is 2. The molecule has 1 aromatic rings. The molecule has 1 aliphatic rings. The van der Waals surface area contributed by atoms with E-state index in [4.69, 9.17) is 0 Å². The van der Waals surface area contributed by atoms with Crippen LogP contribution in [0.15, 0.2) is 18.2 Å². The molecule has 1 saturated heterocycles. The monoisotopic (exact) mass is 253 g/mol. The Balaban J connectivity index is 2.13. The highest BCUT2D eigenvalue weighted by Gasteiger charge is 2.22.